The molecule has 1 aromatic rings. The Kier molecular flexibility index (Phi) is 6.68. The van der Waals surface area contributed by atoms with Crippen LogP contribution in [0.4, 0.5) is 0 Å². The number of rotatable bonds is 6. The van der Waals surface area contributed by atoms with Gasteiger partial charge in [-0.2, -0.15) is 0 Å². The van der Waals surface area contributed by atoms with Gasteiger partial charge >= 0.3 is 0 Å². The van der Waals surface area contributed by atoms with Gasteiger partial charge in [0, 0.05) is 23.6 Å². The molecule has 1 aliphatic heterocycles. The van der Waals surface area contributed by atoms with E-state index < -0.39 is 0 Å². The molecule has 118 valence electrons. The SMILES string of the molecule is CCNC(CCN1CCC(O)C(C)C1)c1cccc(Br)c1. The summed E-state index contributed by atoms with van der Waals surface area (Å²) in [6.45, 7) is 8.39. The molecule has 0 bridgehead atoms. The molecule has 0 aliphatic carbocycles. The molecule has 1 saturated heterocycles. The molecule has 0 saturated carbocycles. The van der Waals surface area contributed by atoms with Crippen LogP contribution in [0.5, 0.6) is 0 Å². The third-order valence-corrected chi connectivity index (χ3v) is 4.87. The zero-order valence-corrected chi connectivity index (χ0v) is 14.6. The van der Waals surface area contributed by atoms with Crippen LogP contribution in [0, 0.1) is 5.92 Å². The minimum atomic E-state index is -0.115. The zero-order chi connectivity index (χ0) is 15.2. The Labute approximate surface area is 136 Å². The molecular weight excluding hydrogens is 328 g/mol. The summed E-state index contributed by atoms with van der Waals surface area (Å²) in [6, 6.07) is 8.97. The topological polar surface area (TPSA) is 35.5 Å². The molecule has 3 atom stereocenters. The lowest BCUT2D eigenvalue weighted by atomic mass is 9.96. The van der Waals surface area contributed by atoms with E-state index in [2.05, 4.69) is 64.3 Å². The molecule has 0 spiro atoms. The van der Waals surface area contributed by atoms with Crippen LogP contribution >= 0.6 is 15.9 Å². The first-order valence-corrected chi connectivity index (χ1v) is 8.78. The van der Waals surface area contributed by atoms with E-state index in [1.54, 1.807) is 0 Å². The smallest absolute Gasteiger partial charge is 0.0590 e. The van der Waals surface area contributed by atoms with E-state index in [1.807, 2.05) is 0 Å². The second kappa shape index (κ2) is 8.28. The molecule has 0 amide bonds. The quantitative estimate of drug-likeness (QED) is 0.823. The summed E-state index contributed by atoms with van der Waals surface area (Å²) in [4.78, 5) is 2.49. The lowest BCUT2D eigenvalue weighted by Gasteiger charge is -2.35. The van der Waals surface area contributed by atoms with E-state index in [0.717, 1.165) is 43.5 Å². The Morgan fingerprint density at radius 1 is 1.48 bits per heavy atom. The Morgan fingerprint density at radius 3 is 2.95 bits per heavy atom. The van der Waals surface area contributed by atoms with Crippen LogP contribution in [0.3, 0.4) is 0 Å². The maximum absolute atomic E-state index is 9.82. The number of aliphatic hydroxyl groups excluding tert-OH is 1. The van der Waals surface area contributed by atoms with Gasteiger partial charge in [-0.15, -0.1) is 0 Å². The minimum absolute atomic E-state index is 0.115. The van der Waals surface area contributed by atoms with E-state index in [4.69, 9.17) is 0 Å². The van der Waals surface area contributed by atoms with Gasteiger partial charge in [0.05, 0.1) is 6.10 Å². The Balaban J connectivity index is 1.91. The third-order valence-electron chi connectivity index (χ3n) is 4.38. The first kappa shape index (κ1) is 16.9. The average molecular weight is 355 g/mol. The average Bonchev–Trinajstić information content (AvgIpc) is 2.47. The standard InChI is InChI=1S/C17H27BrN2O/c1-3-19-16(14-5-4-6-15(18)11-14)7-9-20-10-8-17(21)13(2)12-20/h4-6,11,13,16-17,19,21H,3,7-10,12H2,1-2H3. The number of hydrogen-bond donors (Lipinski definition) is 2. The van der Waals surface area contributed by atoms with Crippen molar-refractivity contribution >= 4 is 15.9 Å². The Hall–Kier alpha value is -0.420. The first-order chi connectivity index (χ1) is 10.1. The fraction of sp³-hybridized carbons (Fsp3) is 0.647. The molecule has 1 aromatic carbocycles. The van der Waals surface area contributed by atoms with Gasteiger partial charge in [0.15, 0.2) is 0 Å². The molecule has 4 heteroatoms. The predicted octanol–water partition coefficient (Wildman–Crippen LogP) is 3.19. The number of likely N-dealkylation sites (tertiary alicyclic amines) is 1. The lowest BCUT2D eigenvalue weighted by molar-refractivity contribution is 0.0337. The molecule has 1 fully saturated rings. The fourth-order valence-electron chi connectivity index (χ4n) is 3.09. The molecule has 1 heterocycles. The van der Waals surface area contributed by atoms with Crippen LogP contribution in [-0.2, 0) is 0 Å². The maximum Gasteiger partial charge on any atom is 0.0590 e. The molecule has 3 nitrogen and oxygen atoms in total. The van der Waals surface area contributed by atoms with E-state index >= 15 is 0 Å². The highest BCUT2D eigenvalue weighted by Crippen LogP contribution is 2.23. The molecule has 0 aromatic heterocycles. The number of aliphatic hydroxyl groups is 1. The first-order valence-electron chi connectivity index (χ1n) is 7.99. The minimum Gasteiger partial charge on any atom is -0.393 e. The van der Waals surface area contributed by atoms with Crippen molar-refractivity contribution in [1.29, 1.82) is 0 Å². The molecule has 2 N–H and O–H groups in total. The number of halogens is 1. The summed E-state index contributed by atoms with van der Waals surface area (Å²) >= 11 is 3.56. The van der Waals surface area contributed by atoms with Crippen molar-refractivity contribution in [2.75, 3.05) is 26.2 Å². The van der Waals surface area contributed by atoms with Crippen molar-refractivity contribution in [2.45, 2.75) is 38.8 Å². The number of benzene rings is 1. The monoisotopic (exact) mass is 354 g/mol. The molecule has 2 rings (SSSR count). The normalized spacial score (nSPS) is 25.0. The van der Waals surface area contributed by atoms with Crippen molar-refractivity contribution < 1.29 is 5.11 Å². The summed E-state index contributed by atoms with van der Waals surface area (Å²) in [5, 5.41) is 13.4. The summed E-state index contributed by atoms with van der Waals surface area (Å²) in [5.74, 6) is 0.391. The lowest BCUT2D eigenvalue weighted by Crippen LogP contribution is -2.43. The predicted molar refractivity (Wildman–Crippen MR) is 91.4 cm³/mol. The number of hydrogen-bond acceptors (Lipinski definition) is 3. The third kappa shape index (κ3) is 5.06. The van der Waals surface area contributed by atoms with Crippen LogP contribution in [0.15, 0.2) is 28.7 Å². The second-order valence-corrected chi connectivity index (χ2v) is 7.00. The van der Waals surface area contributed by atoms with E-state index in [0.29, 0.717) is 12.0 Å². The highest BCUT2D eigenvalue weighted by atomic mass is 79.9. The second-order valence-electron chi connectivity index (χ2n) is 6.09. The number of nitrogens with zero attached hydrogens (tertiary/aromatic N) is 1. The molecule has 0 radical (unpaired) electrons. The fourth-order valence-corrected chi connectivity index (χ4v) is 3.51. The van der Waals surface area contributed by atoms with Gasteiger partial charge in [0.25, 0.3) is 0 Å². The Morgan fingerprint density at radius 2 is 2.29 bits per heavy atom. The Bertz CT molecular complexity index is 441. The van der Waals surface area contributed by atoms with Gasteiger partial charge in [-0.05, 0) is 49.5 Å². The highest BCUT2D eigenvalue weighted by molar-refractivity contribution is 9.10. The summed E-state index contributed by atoms with van der Waals surface area (Å²) in [6.07, 6.45) is 1.90. The van der Waals surface area contributed by atoms with Crippen LogP contribution in [0.25, 0.3) is 0 Å². The summed E-state index contributed by atoms with van der Waals surface area (Å²) < 4.78 is 1.14. The van der Waals surface area contributed by atoms with Gasteiger partial charge < -0.3 is 15.3 Å². The van der Waals surface area contributed by atoms with Crippen LogP contribution < -0.4 is 5.32 Å². The van der Waals surface area contributed by atoms with Gasteiger partial charge in [-0.25, -0.2) is 0 Å². The van der Waals surface area contributed by atoms with Crippen molar-refractivity contribution in [3.63, 3.8) is 0 Å². The van der Waals surface area contributed by atoms with Crippen molar-refractivity contribution in [3.8, 4) is 0 Å². The highest BCUT2D eigenvalue weighted by Gasteiger charge is 2.24. The maximum atomic E-state index is 9.82. The molecule has 3 unspecified atom stereocenters. The zero-order valence-electron chi connectivity index (χ0n) is 13.1. The van der Waals surface area contributed by atoms with Gasteiger partial charge in [-0.1, -0.05) is 41.9 Å². The van der Waals surface area contributed by atoms with Crippen molar-refractivity contribution in [2.24, 2.45) is 5.92 Å². The van der Waals surface area contributed by atoms with E-state index in [9.17, 15) is 5.11 Å². The van der Waals surface area contributed by atoms with Crippen LogP contribution in [-0.4, -0.2) is 42.3 Å². The van der Waals surface area contributed by atoms with Crippen LogP contribution in [0.2, 0.25) is 0 Å². The van der Waals surface area contributed by atoms with E-state index in [1.165, 1.54) is 5.56 Å². The van der Waals surface area contributed by atoms with Crippen molar-refractivity contribution in [3.05, 3.63) is 34.3 Å². The molecular formula is C17H27BrN2O. The van der Waals surface area contributed by atoms with Gasteiger partial charge in [0.2, 0.25) is 0 Å². The largest absolute Gasteiger partial charge is 0.393 e. The summed E-state index contributed by atoms with van der Waals surface area (Å²) in [5.41, 5.74) is 1.34. The van der Waals surface area contributed by atoms with Gasteiger partial charge in [0.1, 0.15) is 0 Å². The van der Waals surface area contributed by atoms with E-state index in [-0.39, 0.29) is 6.10 Å². The molecule has 21 heavy (non-hydrogen) atoms. The summed E-state index contributed by atoms with van der Waals surface area (Å²) in [7, 11) is 0. The number of piperidine rings is 1. The van der Waals surface area contributed by atoms with Crippen molar-refractivity contribution in [1.82, 2.24) is 10.2 Å². The number of nitrogens with one attached hydrogen (secondary N) is 1. The van der Waals surface area contributed by atoms with Crippen LogP contribution in [0.1, 0.15) is 38.3 Å². The molecule has 1 aliphatic rings. The van der Waals surface area contributed by atoms with Gasteiger partial charge in [-0.3, -0.25) is 0 Å².